The summed E-state index contributed by atoms with van der Waals surface area (Å²) in [5, 5.41) is 0. The molecule has 0 aliphatic heterocycles. The molecule has 0 bridgehead atoms. The second kappa shape index (κ2) is 6.51. The minimum Gasteiger partial charge on any atom is -0.496 e. The Morgan fingerprint density at radius 2 is 1.67 bits per heavy atom. The average Bonchev–Trinajstić information content (AvgIpc) is 2.44. The normalized spacial score (nSPS) is 12.3. The van der Waals surface area contributed by atoms with Crippen molar-refractivity contribution >= 4 is 31.9 Å². The molecule has 2 rings (SSSR count). The Labute approximate surface area is 143 Å². The van der Waals surface area contributed by atoms with Crippen molar-refractivity contribution in [1.82, 2.24) is 0 Å². The molecule has 0 radical (unpaired) electrons. The molecule has 0 aliphatic rings. The Morgan fingerprint density at radius 1 is 1.00 bits per heavy atom. The van der Waals surface area contributed by atoms with E-state index < -0.39 is 0 Å². The van der Waals surface area contributed by atoms with Crippen LogP contribution in [-0.2, 0) is 0 Å². The van der Waals surface area contributed by atoms with Crippen LogP contribution >= 0.6 is 31.9 Å². The molecule has 21 heavy (non-hydrogen) atoms. The summed E-state index contributed by atoms with van der Waals surface area (Å²) in [6, 6.07) is 8.06. The minimum atomic E-state index is -0.229. The molecule has 0 saturated heterocycles. The lowest BCUT2D eigenvalue weighted by Gasteiger charge is -2.22. The average molecular weight is 413 g/mol. The van der Waals surface area contributed by atoms with Crippen molar-refractivity contribution in [1.29, 1.82) is 0 Å². The predicted molar refractivity (Wildman–Crippen MR) is 95.1 cm³/mol. The molecule has 4 heteroatoms. The quantitative estimate of drug-likeness (QED) is 0.752. The van der Waals surface area contributed by atoms with Crippen molar-refractivity contribution < 1.29 is 4.74 Å². The number of halogens is 2. The first-order chi connectivity index (χ1) is 9.86. The second-order valence-corrected chi connectivity index (χ2v) is 6.94. The summed E-state index contributed by atoms with van der Waals surface area (Å²) in [7, 11) is 1.69. The highest BCUT2D eigenvalue weighted by molar-refractivity contribution is 9.10. The fraction of sp³-hybridized carbons (Fsp3) is 0.294. The van der Waals surface area contributed by atoms with Crippen molar-refractivity contribution in [2.45, 2.75) is 26.8 Å². The number of methoxy groups -OCH3 is 1. The Hall–Kier alpha value is -0.840. The highest BCUT2D eigenvalue weighted by Crippen LogP contribution is 2.38. The number of rotatable bonds is 3. The monoisotopic (exact) mass is 411 g/mol. The Kier molecular flexibility index (Phi) is 5.12. The topological polar surface area (TPSA) is 35.2 Å². The molecule has 2 N–H and O–H groups in total. The maximum Gasteiger partial charge on any atom is 0.127 e. The van der Waals surface area contributed by atoms with Crippen molar-refractivity contribution in [3.63, 3.8) is 0 Å². The molecular weight excluding hydrogens is 394 g/mol. The zero-order chi connectivity index (χ0) is 15.7. The van der Waals surface area contributed by atoms with E-state index in [1.54, 1.807) is 7.11 Å². The molecule has 2 aromatic rings. The highest BCUT2D eigenvalue weighted by atomic mass is 79.9. The van der Waals surface area contributed by atoms with Gasteiger partial charge in [-0.2, -0.15) is 0 Å². The number of hydrogen-bond donors (Lipinski definition) is 1. The van der Waals surface area contributed by atoms with Crippen LogP contribution in [0.3, 0.4) is 0 Å². The molecule has 1 atom stereocenters. The molecule has 2 aromatic carbocycles. The first-order valence-electron chi connectivity index (χ1n) is 6.72. The molecule has 0 fully saturated rings. The van der Waals surface area contributed by atoms with Gasteiger partial charge in [-0.05, 0) is 55.2 Å². The molecule has 112 valence electrons. The van der Waals surface area contributed by atoms with Crippen LogP contribution in [0.1, 0.15) is 33.9 Å². The highest BCUT2D eigenvalue weighted by Gasteiger charge is 2.20. The molecule has 0 aliphatic carbocycles. The van der Waals surface area contributed by atoms with Gasteiger partial charge in [-0.3, -0.25) is 0 Å². The maximum absolute atomic E-state index is 6.53. The summed E-state index contributed by atoms with van der Waals surface area (Å²) in [4.78, 5) is 0. The number of ether oxygens (including phenoxy) is 1. The smallest absolute Gasteiger partial charge is 0.127 e. The van der Waals surface area contributed by atoms with Crippen LogP contribution in [0.25, 0.3) is 0 Å². The third kappa shape index (κ3) is 3.17. The summed E-state index contributed by atoms with van der Waals surface area (Å²) >= 11 is 7.18. The van der Waals surface area contributed by atoms with Gasteiger partial charge < -0.3 is 10.5 Å². The maximum atomic E-state index is 6.53. The van der Waals surface area contributed by atoms with Crippen LogP contribution in [0.5, 0.6) is 5.75 Å². The zero-order valence-electron chi connectivity index (χ0n) is 12.6. The van der Waals surface area contributed by atoms with Gasteiger partial charge >= 0.3 is 0 Å². The standard InChI is InChI=1S/C17H19Br2NO/c1-9-5-6-12(8-13(9)18)16(20)15-11(3)14(19)7-10(2)17(15)21-4/h5-8,16H,20H2,1-4H3. The van der Waals surface area contributed by atoms with Crippen LogP contribution in [0.4, 0.5) is 0 Å². The van der Waals surface area contributed by atoms with Gasteiger partial charge in [0.15, 0.2) is 0 Å². The summed E-state index contributed by atoms with van der Waals surface area (Å²) in [5.41, 5.74) is 12.0. The van der Waals surface area contributed by atoms with Crippen LogP contribution in [0.15, 0.2) is 33.2 Å². The molecule has 0 saturated carbocycles. The van der Waals surface area contributed by atoms with Gasteiger partial charge in [0.2, 0.25) is 0 Å². The van der Waals surface area contributed by atoms with Gasteiger partial charge in [0.25, 0.3) is 0 Å². The SMILES string of the molecule is COc1c(C)cc(Br)c(C)c1C(N)c1ccc(C)c(Br)c1. The van der Waals surface area contributed by atoms with E-state index in [0.717, 1.165) is 36.9 Å². The molecule has 0 amide bonds. The van der Waals surface area contributed by atoms with E-state index in [1.165, 1.54) is 5.56 Å². The third-order valence-electron chi connectivity index (χ3n) is 3.78. The van der Waals surface area contributed by atoms with Crippen molar-refractivity contribution in [2.75, 3.05) is 7.11 Å². The van der Waals surface area contributed by atoms with Crippen LogP contribution in [0.2, 0.25) is 0 Å². The summed E-state index contributed by atoms with van der Waals surface area (Å²) in [5.74, 6) is 0.861. The molecule has 0 heterocycles. The van der Waals surface area contributed by atoms with E-state index in [9.17, 15) is 0 Å². The lowest BCUT2D eigenvalue weighted by atomic mass is 9.92. The van der Waals surface area contributed by atoms with Gasteiger partial charge in [0.05, 0.1) is 13.2 Å². The van der Waals surface area contributed by atoms with E-state index in [1.807, 2.05) is 6.92 Å². The minimum absolute atomic E-state index is 0.229. The van der Waals surface area contributed by atoms with Crippen molar-refractivity contribution in [2.24, 2.45) is 5.73 Å². The van der Waals surface area contributed by atoms with Gasteiger partial charge in [-0.25, -0.2) is 0 Å². The predicted octanol–water partition coefficient (Wildman–Crippen LogP) is 5.19. The van der Waals surface area contributed by atoms with Crippen LogP contribution < -0.4 is 10.5 Å². The fourth-order valence-corrected chi connectivity index (χ4v) is 3.44. The van der Waals surface area contributed by atoms with Crippen LogP contribution in [-0.4, -0.2) is 7.11 Å². The lowest BCUT2D eigenvalue weighted by Crippen LogP contribution is -2.15. The van der Waals surface area contributed by atoms with E-state index in [0.29, 0.717) is 0 Å². The first kappa shape index (κ1) is 16.5. The fourth-order valence-electron chi connectivity index (χ4n) is 2.49. The number of benzene rings is 2. The number of hydrogen-bond acceptors (Lipinski definition) is 2. The summed E-state index contributed by atoms with van der Waals surface area (Å²) in [6.45, 7) is 6.16. The Morgan fingerprint density at radius 3 is 2.24 bits per heavy atom. The van der Waals surface area contributed by atoms with E-state index in [4.69, 9.17) is 10.5 Å². The Balaban J connectivity index is 2.62. The zero-order valence-corrected chi connectivity index (χ0v) is 15.8. The largest absolute Gasteiger partial charge is 0.496 e. The molecular formula is C17H19Br2NO. The molecule has 0 spiro atoms. The van der Waals surface area contributed by atoms with Gasteiger partial charge in [0.1, 0.15) is 5.75 Å². The number of nitrogens with two attached hydrogens (primary N) is 1. The van der Waals surface area contributed by atoms with Gasteiger partial charge in [-0.15, -0.1) is 0 Å². The van der Waals surface area contributed by atoms with E-state index >= 15 is 0 Å². The van der Waals surface area contributed by atoms with Crippen molar-refractivity contribution in [3.05, 3.63) is 61.0 Å². The molecule has 0 aromatic heterocycles. The van der Waals surface area contributed by atoms with Crippen molar-refractivity contribution in [3.8, 4) is 5.75 Å². The lowest BCUT2D eigenvalue weighted by molar-refractivity contribution is 0.404. The van der Waals surface area contributed by atoms with E-state index in [-0.39, 0.29) is 6.04 Å². The van der Waals surface area contributed by atoms with Crippen LogP contribution in [0, 0.1) is 20.8 Å². The summed E-state index contributed by atoms with van der Waals surface area (Å²) in [6.07, 6.45) is 0. The second-order valence-electron chi connectivity index (χ2n) is 5.23. The summed E-state index contributed by atoms with van der Waals surface area (Å²) < 4.78 is 7.72. The molecule has 1 unspecified atom stereocenters. The number of aryl methyl sites for hydroxylation is 2. The van der Waals surface area contributed by atoms with E-state index in [2.05, 4.69) is 70.0 Å². The molecule has 2 nitrogen and oxygen atoms in total. The third-order valence-corrected chi connectivity index (χ3v) is 5.46. The Bertz CT molecular complexity index is 683. The van der Waals surface area contributed by atoms with Gasteiger partial charge in [-0.1, -0.05) is 44.0 Å². The first-order valence-corrected chi connectivity index (χ1v) is 8.30. The van der Waals surface area contributed by atoms with Gasteiger partial charge in [0, 0.05) is 14.5 Å².